The van der Waals surface area contributed by atoms with Crippen molar-refractivity contribution in [3.8, 4) is 0 Å². The molecule has 106 valence electrons. The number of nitrogens with one attached hydrogen (secondary N) is 1. The molecule has 2 rings (SSSR count). The highest BCUT2D eigenvalue weighted by Gasteiger charge is 2.34. The van der Waals surface area contributed by atoms with E-state index < -0.39 is 10.0 Å². The van der Waals surface area contributed by atoms with Gasteiger partial charge in [-0.1, -0.05) is 25.0 Å². The lowest BCUT2D eigenvalue weighted by molar-refractivity contribution is 0.134. The molecule has 0 saturated heterocycles. The van der Waals surface area contributed by atoms with Gasteiger partial charge in [-0.2, -0.15) is 0 Å². The highest BCUT2D eigenvalue weighted by atomic mass is 79.9. The summed E-state index contributed by atoms with van der Waals surface area (Å²) in [4.78, 5) is 0.237. The molecule has 1 aromatic rings. The van der Waals surface area contributed by atoms with Crippen molar-refractivity contribution in [1.29, 1.82) is 0 Å². The van der Waals surface area contributed by atoms with Crippen LogP contribution in [-0.2, 0) is 10.0 Å². The number of aliphatic hydroxyl groups is 1. The maximum absolute atomic E-state index is 12.2. The lowest BCUT2D eigenvalue weighted by Gasteiger charge is -2.26. The molecule has 0 heterocycles. The van der Waals surface area contributed by atoms with E-state index in [1.54, 1.807) is 24.3 Å². The van der Waals surface area contributed by atoms with Gasteiger partial charge in [0.1, 0.15) is 0 Å². The quantitative estimate of drug-likeness (QED) is 0.858. The molecule has 1 saturated carbocycles. The van der Waals surface area contributed by atoms with Crippen molar-refractivity contribution in [2.24, 2.45) is 5.41 Å². The third kappa shape index (κ3) is 3.37. The summed E-state index contributed by atoms with van der Waals surface area (Å²) in [6.45, 7) is 0.332. The average Bonchev–Trinajstić information content (AvgIpc) is 2.86. The van der Waals surface area contributed by atoms with E-state index >= 15 is 0 Å². The first kappa shape index (κ1) is 15.0. The molecule has 4 nitrogen and oxygen atoms in total. The Kier molecular flexibility index (Phi) is 4.66. The molecule has 6 heteroatoms. The molecule has 0 atom stereocenters. The summed E-state index contributed by atoms with van der Waals surface area (Å²) in [5.41, 5.74) is -0.283. The zero-order valence-electron chi connectivity index (χ0n) is 10.6. The maximum atomic E-state index is 12.2. The predicted octanol–water partition coefficient (Wildman–Crippen LogP) is 2.28. The largest absolute Gasteiger partial charge is 0.396 e. The molecule has 0 radical (unpaired) electrons. The van der Waals surface area contributed by atoms with Crippen molar-refractivity contribution >= 4 is 26.0 Å². The number of halogens is 1. The lowest BCUT2D eigenvalue weighted by atomic mass is 9.88. The summed E-state index contributed by atoms with van der Waals surface area (Å²) in [5, 5.41) is 9.49. The predicted molar refractivity (Wildman–Crippen MR) is 77.3 cm³/mol. The highest BCUT2D eigenvalue weighted by Crippen LogP contribution is 2.37. The SMILES string of the molecule is O=S(=O)(NCC1(CO)CCCC1)c1ccccc1Br. The second kappa shape index (κ2) is 5.91. The number of hydrogen-bond donors (Lipinski definition) is 2. The fraction of sp³-hybridized carbons (Fsp3) is 0.538. The van der Waals surface area contributed by atoms with E-state index in [2.05, 4.69) is 20.7 Å². The summed E-state index contributed by atoms with van der Waals surface area (Å²) < 4.78 is 27.7. The topological polar surface area (TPSA) is 66.4 Å². The summed E-state index contributed by atoms with van der Waals surface area (Å²) >= 11 is 3.25. The van der Waals surface area contributed by atoms with Crippen LogP contribution in [0.5, 0.6) is 0 Å². The van der Waals surface area contributed by atoms with Gasteiger partial charge in [-0.3, -0.25) is 0 Å². The van der Waals surface area contributed by atoms with Crippen LogP contribution in [0.3, 0.4) is 0 Å². The molecule has 1 aromatic carbocycles. The number of sulfonamides is 1. The molecule has 0 unspecified atom stereocenters. The minimum Gasteiger partial charge on any atom is -0.396 e. The van der Waals surface area contributed by atoms with Crippen LogP contribution >= 0.6 is 15.9 Å². The Morgan fingerprint density at radius 3 is 2.47 bits per heavy atom. The maximum Gasteiger partial charge on any atom is 0.241 e. The van der Waals surface area contributed by atoms with Gasteiger partial charge in [0.2, 0.25) is 10.0 Å². The molecule has 2 N–H and O–H groups in total. The molecule has 0 aromatic heterocycles. The van der Waals surface area contributed by atoms with E-state index in [0.717, 1.165) is 25.7 Å². The molecule has 0 spiro atoms. The van der Waals surface area contributed by atoms with Gasteiger partial charge in [0, 0.05) is 23.0 Å². The molecule has 1 aliphatic rings. The van der Waals surface area contributed by atoms with Crippen molar-refractivity contribution in [3.05, 3.63) is 28.7 Å². The normalized spacial score (nSPS) is 18.6. The van der Waals surface area contributed by atoms with E-state index in [1.807, 2.05) is 0 Å². The molecule has 19 heavy (non-hydrogen) atoms. The van der Waals surface area contributed by atoms with Gasteiger partial charge in [-0.25, -0.2) is 13.1 Å². The van der Waals surface area contributed by atoms with Crippen LogP contribution in [-0.4, -0.2) is 26.7 Å². The Labute approximate surface area is 122 Å². The molecular formula is C13H18BrNO3S. The molecule has 0 amide bonds. The minimum absolute atomic E-state index is 0.0332. The summed E-state index contributed by atoms with van der Waals surface area (Å²) in [6, 6.07) is 6.73. The number of hydrogen-bond acceptors (Lipinski definition) is 3. The average molecular weight is 348 g/mol. The van der Waals surface area contributed by atoms with Crippen molar-refractivity contribution in [1.82, 2.24) is 4.72 Å². The van der Waals surface area contributed by atoms with E-state index in [-0.39, 0.29) is 16.9 Å². The van der Waals surface area contributed by atoms with Gasteiger partial charge >= 0.3 is 0 Å². The Morgan fingerprint density at radius 1 is 1.26 bits per heavy atom. The Balaban J connectivity index is 2.12. The van der Waals surface area contributed by atoms with Crippen LogP contribution in [0.25, 0.3) is 0 Å². The van der Waals surface area contributed by atoms with E-state index in [4.69, 9.17) is 0 Å². The van der Waals surface area contributed by atoms with Crippen molar-refractivity contribution < 1.29 is 13.5 Å². The van der Waals surface area contributed by atoms with Gasteiger partial charge in [-0.15, -0.1) is 0 Å². The zero-order chi connectivity index (χ0) is 13.9. The Hall–Kier alpha value is -0.430. The van der Waals surface area contributed by atoms with E-state index in [9.17, 15) is 13.5 Å². The summed E-state index contributed by atoms with van der Waals surface area (Å²) in [7, 11) is -3.53. The van der Waals surface area contributed by atoms with Crippen LogP contribution in [0.1, 0.15) is 25.7 Å². The van der Waals surface area contributed by atoms with Gasteiger partial charge in [-0.05, 0) is 40.9 Å². The molecular weight excluding hydrogens is 330 g/mol. The molecule has 0 aliphatic heterocycles. The number of benzene rings is 1. The number of aliphatic hydroxyl groups excluding tert-OH is 1. The van der Waals surface area contributed by atoms with Gasteiger partial charge in [0.25, 0.3) is 0 Å². The van der Waals surface area contributed by atoms with Crippen molar-refractivity contribution in [2.75, 3.05) is 13.2 Å². The first-order valence-electron chi connectivity index (χ1n) is 6.34. The van der Waals surface area contributed by atoms with Gasteiger partial charge < -0.3 is 5.11 Å². The third-order valence-electron chi connectivity index (χ3n) is 3.76. The fourth-order valence-corrected chi connectivity index (χ4v) is 4.66. The Morgan fingerprint density at radius 2 is 1.89 bits per heavy atom. The van der Waals surface area contributed by atoms with Crippen LogP contribution in [0.2, 0.25) is 0 Å². The molecule has 1 fully saturated rings. The second-order valence-corrected chi connectivity index (χ2v) is 7.71. The number of rotatable bonds is 5. The Bertz CT molecular complexity index is 539. The minimum atomic E-state index is -3.53. The van der Waals surface area contributed by atoms with Crippen molar-refractivity contribution in [2.45, 2.75) is 30.6 Å². The van der Waals surface area contributed by atoms with Gasteiger partial charge in [0.05, 0.1) is 4.90 Å². The van der Waals surface area contributed by atoms with Gasteiger partial charge in [0.15, 0.2) is 0 Å². The van der Waals surface area contributed by atoms with Crippen molar-refractivity contribution in [3.63, 3.8) is 0 Å². The van der Waals surface area contributed by atoms with Crippen LogP contribution < -0.4 is 4.72 Å². The highest BCUT2D eigenvalue weighted by molar-refractivity contribution is 9.10. The van der Waals surface area contributed by atoms with Crippen LogP contribution in [0.4, 0.5) is 0 Å². The summed E-state index contributed by atoms with van der Waals surface area (Å²) in [6.07, 6.45) is 3.86. The standard InChI is InChI=1S/C13H18BrNO3S/c14-11-5-1-2-6-12(11)19(17,18)15-9-13(10-16)7-3-4-8-13/h1-2,5-6,15-16H,3-4,7-10H2. The molecule has 1 aliphatic carbocycles. The van der Waals surface area contributed by atoms with E-state index in [1.165, 1.54) is 0 Å². The van der Waals surface area contributed by atoms with Crippen LogP contribution in [0, 0.1) is 5.41 Å². The first-order chi connectivity index (χ1) is 8.99. The monoisotopic (exact) mass is 347 g/mol. The lowest BCUT2D eigenvalue weighted by Crippen LogP contribution is -2.38. The fourth-order valence-electron chi connectivity index (χ4n) is 2.50. The smallest absolute Gasteiger partial charge is 0.241 e. The molecule has 0 bridgehead atoms. The third-order valence-corrected chi connectivity index (χ3v) is 6.18. The van der Waals surface area contributed by atoms with Crippen LogP contribution in [0.15, 0.2) is 33.6 Å². The summed E-state index contributed by atoms with van der Waals surface area (Å²) in [5.74, 6) is 0. The first-order valence-corrected chi connectivity index (χ1v) is 8.62. The van der Waals surface area contributed by atoms with E-state index in [0.29, 0.717) is 11.0 Å². The zero-order valence-corrected chi connectivity index (χ0v) is 13.0. The second-order valence-electron chi connectivity index (χ2n) is 5.12.